The highest BCUT2D eigenvalue weighted by atomic mass is 127. The number of sulfonamides is 1. The molecule has 1 aromatic rings. The minimum absolute atomic E-state index is 0. The molecule has 0 aliphatic rings. The Bertz CT molecular complexity index is 572. The lowest BCUT2D eigenvalue weighted by atomic mass is 10.1. The first-order chi connectivity index (χ1) is 10.2. The van der Waals surface area contributed by atoms with Crippen LogP contribution in [0.2, 0.25) is 0 Å². The van der Waals surface area contributed by atoms with Gasteiger partial charge in [-0.3, -0.25) is 4.99 Å². The Kier molecular flexibility index (Phi) is 10.3. The van der Waals surface area contributed by atoms with Gasteiger partial charge >= 0.3 is 0 Å². The molecular formula is C14H27IN4O2S2. The summed E-state index contributed by atoms with van der Waals surface area (Å²) in [6, 6.07) is 4.15. The zero-order valence-corrected chi connectivity index (χ0v) is 18.0. The van der Waals surface area contributed by atoms with Crippen LogP contribution in [0.3, 0.4) is 0 Å². The molecule has 0 unspecified atom stereocenters. The lowest BCUT2D eigenvalue weighted by Gasteiger charge is -2.23. The van der Waals surface area contributed by atoms with Crippen molar-refractivity contribution >= 4 is 51.3 Å². The number of thiophene rings is 1. The zero-order valence-electron chi connectivity index (χ0n) is 14.0. The second kappa shape index (κ2) is 10.5. The highest BCUT2D eigenvalue weighted by Gasteiger charge is 2.21. The minimum Gasteiger partial charge on any atom is -0.357 e. The lowest BCUT2D eigenvalue weighted by molar-refractivity contribution is 0.464. The molecule has 0 fully saturated rings. The van der Waals surface area contributed by atoms with Crippen LogP contribution in [0.15, 0.2) is 22.5 Å². The van der Waals surface area contributed by atoms with Crippen molar-refractivity contribution in [1.29, 1.82) is 0 Å². The van der Waals surface area contributed by atoms with Gasteiger partial charge in [0, 0.05) is 23.5 Å². The van der Waals surface area contributed by atoms with E-state index in [-0.39, 0.29) is 24.0 Å². The predicted octanol–water partition coefficient (Wildman–Crippen LogP) is 1.79. The molecule has 1 heterocycles. The quantitative estimate of drug-likeness (QED) is 0.305. The number of hydrogen-bond donors (Lipinski definition) is 3. The monoisotopic (exact) mass is 474 g/mol. The number of guanidine groups is 1. The Morgan fingerprint density at radius 1 is 1.35 bits per heavy atom. The summed E-state index contributed by atoms with van der Waals surface area (Å²) in [5, 5.41) is 8.49. The molecule has 1 aromatic heterocycles. The van der Waals surface area contributed by atoms with Gasteiger partial charge in [0.15, 0.2) is 5.96 Å². The maximum atomic E-state index is 11.3. The van der Waals surface area contributed by atoms with Crippen LogP contribution in [0, 0.1) is 0 Å². The van der Waals surface area contributed by atoms with Gasteiger partial charge in [0.25, 0.3) is 0 Å². The minimum atomic E-state index is -3.25. The summed E-state index contributed by atoms with van der Waals surface area (Å²) in [7, 11) is -3.25. The van der Waals surface area contributed by atoms with Crippen LogP contribution in [-0.2, 0) is 16.4 Å². The number of halogens is 1. The van der Waals surface area contributed by atoms with Gasteiger partial charge in [-0.15, -0.1) is 35.3 Å². The molecule has 0 aromatic carbocycles. The Hall–Kier alpha value is -0.390. The molecule has 0 aliphatic carbocycles. The van der Waals surface area contributed by atoms with E-state index >= 15 is 0 Å². The summed E-state index contributed by atoms with van der Waals surface area (Å²) in [5.41, 5.74) is -0.621. The van der Waals surface area contributed by atoms with Crippen molar-refractivity contribution in [1.82, 2.24) is 15.4 Å². The maximum Gasteiger partial charge on any atom is 0.209 e. The Labute approximate surface area is 160 Å². The van der Waals surface area contributed by atoms with Crippen LogP contribution in [0.5, 0.6) is 0 Å². The van der Waals surface area contributed by atoms with Crippen molar-refractivity contribution in [3.05, 3.63) is 22.4 Å². The zero-order chi connectivity index (χ0) is 16.6. The van der Waals surface area contributed by atoms with Crippen molar-refractivity contribution in [2.45, 2.75) is 32.7 Å². The van der Waals surface area contributed by atoms with E-state index < -0.39 is 15.6 Å². The highest BCUT2D eigenvalue weighted by Crippen LogP contribution is 2.08. The van der Waals surface area contributed by atoms with E-state index in [4.69, 9.17) is 0 Å². The van der Waals surface area contributed by atoms with Gasteiger partial charge in [0.1, 0.15) is 0 Å². The van der Waals surface area contributed by atoms with E-state index in [0.29, 0.717) is 12.5 Å². The first-order valence-corrected chi connectivity index (χ1v) is 10.0. The fourth-order valence-electron chi connectivity index (χ4n) is 1.91. The van der Waals surface area contributed by atoms with Gasteiger partial charge in [-0.25, -0.2) is 13.1 Å². The second-order valence-corrected chi connectivity index (χ2v) is 8.49. The second-order valence-electron chi connectivity index (χ2n) is 5.71. The summed E-state index contributed by atoms with van der Waals surface area (Å²) in [6.45, 7) is 7.52. The first kappa shape index (κ1) is 22.6. The Morgan fingerprint density at radius 3 is 2.57 bits per heavy atom. The number of aliphatic imine (C=N–C) groups is 1. The molecule has 23 heavy (non-hydrogen) atoms. The highest BCUT2D eigenvalue weighted by molar-refractivity contribution is 14.0. The van der Waals surface area contributed by atoms with E-state index in [2.05, 4.69) is 31.8 Å². The third kappa shape index (κ3) is 10.9. The standard InChI is InChI=1S/C14H26N4O2S2.HI/c1-5-15-13(16-9-8-12-7-6-10-21-12)17-11-14(2,3)18-22(4,19)20;/h6-7,10,18H,5,8-9,11H2,1-4H3,(H2,15,16,17);1H. The summed E-state index contributed by atoms with van der Waals surface area (Å²) in [4.78, 5) is 5.78. The van der Waals surface area contributed by atoms with E-state index in [9.17, 15) is 8.42 Å². The van der Waals surface area contributed by atoms with Crippen molar-refractivity contribution in [3.63, 3.8) is 0 Å². The molecule has 0 atom stereocenters. The number of rotatable bonds is 8. The molecule has 6 nitrogen and oxygen atoms in total. The van der Waals surface area contributed by atoms with Crippen LogP contribution in [0.1, 0.15) is 25.6 Å². The van der Waals surface area contributed by atoms with Gasteiger partial charge < -0.3 is 10.6 Å². The lowest BCUT2D eigenvalue weighted by Crippen LogP contribution is -2.47. The molecule has 134 valence electrons. The van der Waals surface area contributed by atoms with Crippen LogP contribution in [0.4, 0.5) is 0 Å². The number of hydrogen-bond acceptors (Lipinski definition) is 4. The smallest absolute Gasteiger partial charge is 0.209 e. The van der Waals surface area contributed by atoms with Crippen LogP contribution in [-0.4, -0.2) is 45.8 Å². The van der Waals surface area contributed by atoms with E-state index in [1.165, 1.54) is 4.88 Å². The van der Waals surface area contributed by atoms with E-state index in [0.717, 1.165) is 25.8 Å². The van der Waals surface area contributed by atoms with E-state index in [1.54, 1.807) is 11.3 Å². The van der Waals surface area contributed by atoms with Crippen molar-refractivity contribution in [2.24, 2.45) is 4.99 Å². The molecule has 0 radical (unpaired) electrons. The van der Waals surface area contributed by atoms with Crippen molar-refractivity contribution < 1.29 is 8.42 Å². The van der Waals surface area contributed by atoms with Gasteiger partial charge in [0.2, 0.25) is 10.0 Å². The molecular weight excluding hydrogens is 447 g/mol. The van der Waals surface area contributed by atoms with Gasteiger partial charge in [0.05, 0.1) is 12.8 Å². The first-order valence-electron chi connectivity index (χ1n) is 7.25. The topological polar surface area (TPSA) is 82.6 Å². The predicted molar refractivity (Wildman–Crippen MR) is 109 cm³/mol. The largest absolute Gasteiger partial charge is 0.357 e. The van der Waals surface area contributed by atoms with Gasteiger partial charge in [-0.05, 0) is 38.6 Å². The van der Waals surface area contributed by atoms with Crippen molar-refractivity contribution in [3.8, 4) is 0 Å². The van der Waals surface area contributed by atoms with Crippen LogP contribution >= 0.6 is 35.3 Å². The average Bonchev–Trinajstić information content (AvgIpc) is 2.86. The molecule has 0 bridgehead atoms. The fourth-order valence-corrected chi connectivity index (χ4v) is 3.69. The van der Waals surface area contributed by atoms with Crippen LogP contribution in [0.25, 0.3) is 0 Å². The third-order valence-electron chi connectivity index (χ3n) is 2.68. The molecule has 0 aliphatic heterocycles. The number of nitrogens with zero attached hydrogens (tertiary/aromatic N) is 1. The molecule has 0 saturated heterocycles. The van der Waals surface area contributed by atoms with E-state index in [1.807, 2.05) is 26.8 Å². The third-order valence-corrected chi connectivity index (χ3v) is 4.54. The average molecular weight is 474 g/mol. The Balaban J connectivity index is 0.00000484. The molecule has 0 spiro atoms. The SMILES string of the molecule is CCNC(=NCC(C)(C)NS(C)(=O)=O)NCCc1cccs1.I. The maximum absolute atomic E-state index is 11.3. The van der Waals surface area contributed by atoms with Gasteiger partial charge in [-0.2, -0.15) is 0 Å². The summed E-state index contributed by atoms with van der Waals surface area (Å²) >= 11 is 1.73. The molecule has 0 amide bonds. The fraction of sp³-hybridized carbons (Fsp3) is 0.643. The Morgan fingerprint density at radius 2 is 2.04 bits per heavy atom. The normalized spacial score (nSPS) is 12.6. The van der Waals surface area contributed by atoms with Crippen molar-refractivity contribution in [2.75, 3.05) is 25.9 Å². The van der Waals surface area contributed by atoms with Gasteiger partial charge in [-0.1, -0.05) is 6.07 Å². The number of nitrogens with one attached hydrogen (secondary N) is 3. The molecule has 1 rings (SSSR count). The summed E-state index contributed by atoms with van der Waals surface area (Å²) < 4.78 is 25.2. The molecule has 3 N–H and O–H groups in total. The van der Waals surface area contributed by atoms with Crippen LogP contribution < -0.4 is 15.4 Å². The summed E-state index contributed by atoms with van der Waals surface area (Å²) in [5.74, 6) is 0.697. The summed E-state index contributed by atoms with van der Waals surface area (Å²) in [6.07, 6.45) is 2.09. The molecule has 9 heteroatoms. The molecule has 0 saturated carbocycles.